The molecular formula is C73H53N7. The summed E-state index contributed by atoms with van der Waals surface area (Å²) in [6.45, 7) is 9.45. The summed E-state index contributed by atoms with van der Waals surface area (Å²) in [7, 11) is 0. The van der Waals surface area contributed by atoms with Crippen LogP contribution in [-0.2, 0) is 10.8 Å². The highest BCUT2D eigenvalue weighted by Gasteiger charge is 2.42. The minimum absolute atomic E-state index is 0.176. The van der Waals surface area contributed by atoms with Crippen LogP contribution < -0.4 is 19.6 Å². The second-order valence-corrected chi connectivity index (χ2v) is 22.5. The van der Waals surface area contributed by atoms with Gasteiger partial charge in [0, 0.05) is 39.0 Å². The largest absolute Gasteiger partial charge is 0.306 e. The van der Waals surface area contributed by atoms with E-state index in [-0.39, 0.29) is 10.8 Å². The molecule has 7 nitrogen and oxygen atoms in total. The van der Waals surface area contributed by atoms with E-state index in [9.17, 15) is 0 Å². The van der Waals surface area contributed by atoms with Crippen LogP contribution in [0.5, 0.6) is 0 Å². The molecule has 80 heavy (non-hydrogen) atoms. The number of hydrogen-bond acceptors (Lipinski definition) is 7. The van der Waals surface area contributed by atoms with Crippen LogP contribution in [0.15, 0.2) is 249 Å². The molecule has 0 radical (unpaired) electrons. The summed E-state index contributed by atoms with van der Waals surface area (Å²) in [5.41, 5.74) is 23.6. The van der Waals surface area contributed by atoms with Crippen molar-refractivity contribution < 1.29 is 0 Å². The molecule has 16 rings (SSSR count). The van der Waals surface area contributed by atoms with E-state index in [0.29, 0.717) is 17.6 Å². The van der Waals surface area contributed by atoms with Gasteiger partial charge in [-0.3, -0.25) is 4.90 Å². The molecule has 0 atom stereocenters. The third-order valence-corrected chi connectivity index (χ3v) is 17.3. The smallest absolute Gasteiger partial charge is 0.238 e. The SMILES string of the molecule is CC1(C)c2ccccc2-c2cc3c(cc21)N(c1ccc2cc(N4c5ccccc5N(c5nc(-c6ccccc6)nc(-c6ccccc6)n5)c5cc6c(cc54)C(C)(C)c4ccccc4-6)ccc2c1)c1ccccc1N3c1ccccc1. The average Bonchev–Trinajstić information content (AvgIpc) is 4.07. The molecule has 2 aliphatic heterocycles. The van der Waals surface area contributed by atoms with Crippen molar-refractivity contribution in [2.45, 2.75) is 38.5 Å². The van der Waals surface area contributed by atoms with Crippen LogP contribution in [0.1, 0.15) is 49.9 Å². The van der Waals surface area contributed by atoms with Crippen molar-refractivity contribution in [1.82, 2.24) is 15.0 Å². The van der Waals surface area contributed by atoms with E-state index in [0.717, 1.165) is 84.5 Å². The third kappa shape index (κ3) is 6.77. The van der Waals surface area contributed by atoms with Gasteiger partial charge in [0.15, 0.2) is 11.6 Å². The highest BCUT2D eigenvalue weighted by molar-refractivity contribution is 6.07. The van der Waals surface area contributed by atoms with Crippen molar-refractivity contribution in [3.8, 4) is 45.0 Å². The maximum Gasteiger partial charge on any atom is 0.238 e. The third-order valence-electron chi connectivity index (χ3n) is 17.3. The van der Waals surface area contributed by atoms with Crippen molar-refractivity contribution in [2.24, 2.45) is 0 Å². The van der Waals surface area contributed by atoms with Crippen LogP contribution in [0.4, 0.5) is 68.5 Å². The van der Waals surface area contributed by atoms with Gasteiger partial charge in [-0.2, -0.15) is 9.97 Å². The molecule has 0 saturated carbocycles. The van der Waals surface area contributed by atoms with Gasteiger partial charge >= 0.3 is 0 Å². The summed E-state index contributed by atoms with van der Waals surface area (Å²) in [6, 6.07) is 90.2. The van der Waals surface area contributed by atoms with E-state index in [2.05, 4.69) is 260 Å². The lowest BCUT2D eigenvalue weighted by Gasteiger charge is -2.41. The summed E-state index contributed by atoms with van der Waals surface area (Å²) in [5.74, 6) is 1.77. The first-order valence-corrected chi connectivity index (χ1v) is 27.6. The molecular weight excluding hydrogens is 975 g/mol. The molecule has 0 fully saturated rings. The van der Waals surface area contributed by atoms with Gasteiger partial charge in [-0.25, -0.2) is 4.98 Å². The quantitative estimate of drug-likeness (QED) is 0.164. The van der Waals surface area contributed by atoms with E-state index in [1.165, 1.54) is 44.5 Å². The molecule has 380 valence electrons. The molecule has 0 amide bonds. The predicted molar refractivity (Wildman–Crippen MR) is 329 cm³/mol. The van der Waals surface area contributed by atoms with Crippen molar-refractivity contribution in [1.29, 1.82) is 0 Å². The summed E-state index contributed by atoms with van der Waals surface area (Å²) >= 11 is 0. The number of para-hydroxylation sites is 5. The van der Waals surface area contributed by atoms with Crippen molar-refractivity contribution in [2.75, 3.05) is 19.6 Å². The maximum atomic E-state index is 5.36. The minimum atomic E-state index is -0.244. The van der Waals surface area contributed by atoms with Gasteiger partial charge in [-0.1, -0.05) is 191 Å². The number of nitrogens with zero attached hydrogens (tertiary/aromatic N) is 7. The Morgan fingerprint density at radius 2 is 0.625 bits per heavy atom. The Morgan fingerprint density at radius 3 is 1.09 bits per heavy atom. The van der Waals surface area contributed by atoms with Gasteiger partial charge in [0.25, 0.3) is 0 Å². The fraction of sp³-hybridized carbons (Fsp3) is 0.0822. The Labute approximate surface area is 466 Å². The Morgan fingerprint density at radius 1 is 0.263 bits per heavy atom. The topological polar surface area (TPSA) is 51.6 Å². The first kappa shape index (κ1) is 46.0. The lowest BCUT2D eigenvalue weighted by atomic mass is 9.82. The number of fused-ring (bicyclic) bond motifs is 11. The van der Waals surface area contributed by atoms with Crippen molar-refractivity contribution >= 4 is 79.3 Å². The van der Waals surface area contributed by atoms with Crippen LogP contribution >= 0.6 is 0 Å². The highest BCUT2D eigenvalue weighted by Crippen LogP contribution is 2.61. The first-order valence-electron chi connectivity index (χ1n) is 27.6. The number of benzene rings is 11. The number of rotatable bonds is 6. The Hall–Kier alpha value is -10.1. The molecule has 0 unspecified atom stereocenters. The Balaban J connectivity index is 0.870. The van der Waals surface area contributed by atoms with Crippen LogP contribution in [0.25, 0.3) is 55.8 Å². The van der Waals surface area contributed by atoms with E-state index >= 15 is 0 Å². The standard InChI is InChI=1S/C73H53N7/c1-72(2)57-30-16-14-28-53(57)55-42-65-67(44-59(55)72)78(62-33-19-18-32-61(62)77(65)50-26-12-7-13-27-50)51-38-36-49-41-52(39-37-48(49)40-51)79-63-34-20-21-35-64(63)80(66-43-56-54-29-15-17-31-58(54)73(3,4)60(56)45-68(66)79)71-75-69(46-22-8-5-9-23-46)74-70(76-71)47-24-10-6-11-25-47/h5-45H,1-4H3. The Kier molecular flexibility index (Phi) is 9.89. The monoisotopic (exact) mass is 1030 g/mol. The molecule has 2 aliphatic carbocycles. The zero-order chi connectivity index (χ0) is 53.4. The van der Waals surface area contributed by atoms with Crippen LogP contribution in [0.3, 0.4) is 0 Å². The fourth-order valence-corrected chi connectivity index (χ4v) is 13.4. The fourth-order valence-electron chi connectivity index (χ4n) is 13.4. The molecule has 12 aromatic rings. The minimum Gasteiger partial charge on any atom is -0.306 e. The van der Waals surface area contributed by atoms with E-state index < -0.39 is 0 Å². The molecule has 1 aromatic heterocycles. The lowest BCUT2D eigenvalue weighted by molar-refractivity contribution is 0.660. The Bertz CT molecular complexity index is 4450. The zero-order valence-corrected chi connectivity index (χ0v) is 44.8. The van der Waals surface area contributed by atoms with Gasteiger partial charge in [0.05, 0.1) is 45.5 Å². The summed E-state index contributed by atoms with van der Waals surface area (Å²) in [5, 5.41) is 2.29. The van der Waals surface area contributed by atoms with Crippen molar-refractivity contribution in [3.05, 3.63) is 271 Å². The van der Waals surface area contributed by atoms with Gasteiger partial charge in [-0.05, 0) is 140 Å². The molecule has 7 heteroatoms. The van der Waals surface area contributed by atoms with E-state index in [4.69, 9.17) is 15.0 Å². The number of hydrogen-bond donors (Lipinski definition) is 0. The predicted octanol–water partition coefficient (Wildman–Crippen LogP) is 19.5. The van der Waals surface area contributed by atoms with Gasteiger partial charge in [0.1, 0.15) is 0 Å². The molecule has 0 saturated heterocycles. The summed E-state index contributed by atoms with van der Waals surface area (Å²) < 4.78 is 0. The molecule has 11 aromatic carbocycles. The average molecular weight is 1030 g/mol. The van der Waals surface area contributed by atoms with Gasteiger partial charge in [-0.15, -0.1) is 0 Å². The number of aromatic nitrogens is 3. The van der Waals surface area contributed by atoms with E-state index in [1.807, 2.05) is 36.4 Å². The van der Waals surface area contributed by atoms with Gasteiger partial charge < -0.3 is 14.7 Å². The molecule has 0 N–H and O–H groups in total. The number of anilines is 12. The normalized spacial score (nSPS) is 14.6. The summed E-state index contributed by atoms with van der Waals surface area (Å²) in [6.07, 6.45) is 0. The van der Waals surface area contributed by atoms with Gasteiger partial charge in [0.2, 0.25) is 5.95 Å². The second-order valence-electron chi connectivity index (χ2n) is 22.5. The summed E-state index contributed by atoms with van der Waals surface area (Å²) in [4.78, 5) is 25.5. The molecule has 3 heterocycles. The maximum absolute atomic E-state index is 5.36. The molecule has 0 spiro atoms. The lowest BCUT2D eigenvalue weighted by Crippen LogP contribution is -2.26. The van der Waals surface area contributed by atoms with Crippen molar-refractivity contribution in [3.63, 3.8) is 0 Å². The molecule has 0 bridgehead atoms. The highest BCUT2D eigenvalue weighted by atomic mass is 15.3. The van der Waals surface area contributed by atoms with Crippen LogP contribution in [0, 0.1) is 0 Å². The zero-order valence-electron chi connectivity index (χ0n) is 44.8. The van der Waals surface area contributed by atoms with Crippen LogP contribution in [0.2, 0.25) is 0 Å². The van der Waals surface area contributed by atoms with E-state index in [1.54, 1.807) is 0 Å². The second kappa shape index (κ2) is 17.2. The molecule has 4 aliphatic rings. The van der Waals surface area contributed by atoms with Crippen LogP contribution in [-0.4, -0.2) is 15.0 Å². The first-order chi connectivity index (χ1) is 39.2.